The number of rotatable bonds is 7. The maximum Gasteiger partial charge on any atom is 0.407 e. The molecule has 2 aromatic carbocycles. The van der Waals surface area contributed by atoms with Gasteiger partial charge < -0.3 is 19.7 Å². The van der Waals surface area contributed by atoms with Crippen LogP contribution in [0.15, 0.2) is 55.0 Å². The first-order valence-corrected chi connectivity index (χ1v) is 12.8. The lowest BCUT2D eigenvalue weighted by molar-refractivity contribution is 0.148. The number of carbonyl (C=O) groups excluding carboxylic acids is 1. The molecule has 1 amide bonds. The Hall–Kier alpha value is -4.49. The summed E-state index contributed by atoms with van der Waals surface area (Å²) in [4.78, 5) is 23.0. The molecule has 1 aliphatic rings. The molecule has 1 fully saturated rings. The Labute approximate surface area is 225 Å². The summed E-state index contributed by atoms with van der Waals surface area (Å²) < 4.78 is 27.9. The standard InChI is InChI=1S/C29H29FN6O3/c1-35-11-3-4-20(16-35)17-39-28-25-15-32-18-36(25)27(26(34-28)21-7-5-19(13-31)6-8-21)22-9-10-23(24(30)12-22)14-33-29(37)38-2/h5-10,12,15,18,20H,3-4,11,14,16-17H2,1-2H3,(H,33,37)/t20-/m1/s1. The molecule has 0 saturated carbocycles. The number of amides is 1. The maximum atomic E-state index is 15.2. The number of ether oxygens (including phenoxy) is 2. The molecule has 0 bridgehead atoms. The number of hydrogen-bond acceptors (Lipinski definition) is 7. The Kier molecular flexibility index (Phi) is 7.70. The molecule has 1 N–H and O–H groups in total. The van der Waals surface area contributed by atoms with E-state index in [0.717, 1.165) is 31.5 Å². The van der Waals surface area contributed by atoms with Gasteiger partial charge in [-0.2, -0.15) is 5.26 Å². The van der Waals surface area contributed by atoms with E-state index in [2.05, 4.69) is 33.1 Å². The van der Waals surface area contributed by atoms with Crippen molar-refractivity contribution < 1.29 is 18.7 Å². The van der Waals surface area contributed by atoms with Crippen molar-refractivity contribution >= 4 is 11.6 Å². The molecule has 5 rings (SSSR count). The Balaban J connectivity index is 1.57. The van der Waals surface area contributed by atoms with Crippen molar-refractivity contribution in [1.29, 1.82) is 5.26 Å². The van der Waals surface area contributed by atoms with Crippen molar-refractivity contribution in [3.05, 3.63) is 71.9 Å². The van der Waals surface area contributed by atoms with E-state index < -0.39 is 11.9 Å². The van der Waals surface area contributed by atoms with E-state index in [1.165, 1.54) is 13.2 Å². The zero-order valence-electron chi connectivity index (χ0n) is 21.9. The molecule has 39 heavy (non-hydrogen) atoms. The fourth-order valence-corrected chi connectivity index (χ4v) is 4.93. The highest BCUT2D eigenvalue weighted by molar-refractivity contribution is 5.82. The zero-order valence-corrected chi connectivity index (χ0v) is 21.9. The number of benzene rings is 2. The van der Waals surface area contributed by atoms with Crippen LogP contribution in [-0.2, 0) is 11.3 Å². The summed E-state index contributed by atoms with van der Waals surface area (Å²) in [6, 6.07) is 14.0. The summed E-state index contributed by atoms with van der Waals surface area (Å²) in [5.74, 6) is 0.361. The van der Waals surface area contributed by atoms with Crippen molar-refractivity contribution in [2.45, 2.75) is 19.4 Å². The van der Waals surface area contributed by atoms with E-state index in [4.69, 9.17) is 9.72 Å². The molecule has 200 valence electrons. The van der Waals surface area contributed by atoms with Crippen molar-refractivity contribution in [2.24, 2.45) is 5.92 Å². The average Bonchev–Trinajstić information content (AvgIpc) is 3.45. The Bertz CT molecular complexity index is 1530. The van der Waals surface area contributed by atoms with Crippen molar-refractivity contribution in [3.63, 3.8) is 0 Å². The zero-order chi connectivity index (χ0) is 27.4. The SMILES string of the molecule is COC(=O)NCc1ccc(-c2c(-c3ccc(C#N)cc3)nc(OC[C@@H]3CCCN(C)C3)c3cncn23)cc1F. The molecule has 0 spiro atoms. The maximum absolute atomic E-state index is 15.2. The predicted octanol–water partition coefficient (Wildman–Crippen LogP) is 4.65. The molecule has 0 radical (unpaired) electrons. The number of nitrogens with one attached hydrogen (secondary N) is 1. The molecular weight excluding hydrogens is 499 g/mol. The smallest absolute Gasteiger partial charge is 0.407 e. The van der Waals surface area contributed by atoms with Crippen LogP contribution in [0.4, 0.5) is 9.18 Å². The van der Waals surface area contributed by atoms with E-state index in [9.17, 15) is 10.1 Å². The Morgan fingerprint density at radius 3 is 2.74 bits per heavy atom. The lowest BCUT2D eigenvalue weighted by Crippen LogP contribution is -2.34. The average molecular weight is 529 g/mol. The van der Waals surface area contributed by atoms with Gasteiger partial charge in [0.05, 0.1) is 49.3 Å². The van der Waals surface area contributed by atoms with Crippen LogP contribution in [0.5, 0.6) is 5.88 Å². The highest BCUT2D eigenvalue weighted by Crippen LogP contribution is 2.36. The van der Waals surface area contributed by atoms with Gasteiger partial charge in [0.2, 0.25) is 5.88 Å². The minimum Gasteiger partial charge on any atom is -0.476 e. The van der Waals surface area contributed by atoms with Crippen LogP contribution in [0.2, 0.25) is 0 Å². The lowest BCUT2D eigenvalue weighted by Gasteiger charge is -2.29. The van der Waals surface area contributed by atoms with Gasteiger partial charge in [-0.05, 0) is 44.6 Å². The molecule has 3 heterocycles. The Morgan fingerprint density at radius 2 is 2.03 bits per heavy atom. The second-order valence-corrected chi connectivity index (χ2v) is 9.69. The van der Waals surface area contributed by atoms with Crippen LogP contribution in [0.1, 0.15) is 24.0 Å². The second kappa shape index (κ2) is 11.5. The summed E-state index contributed by atoms with van der Waals surface area (Å²) >= 11 is 0. The normalized spacial score (nSPS) is 15.6. The number of nitrogens with zero attached hydrogens (tertiary/aromatic N) is 5. The fraction of sp³-hybridized carbons (Fsp3) is 0.310. The molecule has 10 heteroatoms. The number of imidazole rings is 1. The Morgan fingerprint density at radius 1 is 1.23 bits per heavy atom. The summed E-state index contributed by atoms with van der Waals surface area (Å²) in [6.45, 7) is 2.57. The molecule has 2 aromatic heterocycles. The summed E-state index contributed by atoms with van der Waals surface area (Å²) in [5.41, 5.74) is 4.03. The van der Waals surface area contributed by atoms with Crippen molar-refractivity contribution in [3.8, 4) is 34.5 Å². The molecule has 1 atom stereocenters. The molecule has 1 saturated heterocycles. The summed E-state index contributed by atoms with van der Waals surface area (Å²) in [7, 11) is 3.37. The number of nitriles is 1. The quantitative estimate of drug-likeness (QED) is 0.372. The second-order valence-electron chi connectivity index (χ2n) is 9.69. The van der Waals surface area contributed by atoms with Gasteiger partial charge in [-0.3, -0.25) is 4.40 Å². The number of fused-ring (bicyclic) bond motifs is 1. The summed E-state index contributed by atoms with van der Waals surface area (Å²) in [6.07, 6.45) is 4.93. The minimum absolute atomic E-state index is 0.0108. The third-order valence-corrected chi connectivity index (χ3v) is 6.94. The first-order valence-electron chi connectivity index (χ1n) is 12.8. The van der Waals surface area contributed by atoms with Gasteiger partial charge in [-0.1, -0.05) is 24.3 Å². The highest BCUT2D eigenvalue weighted by atomic mass is 19.1. The van der Waals surface area contributed by atoms with Crippen LogP contribution >= 0.6 is 0 Å². The number of hydrogen-bond donors (Lipinski definition) is 1. The van der Waals surface area contributed by atoms with E-state index in [1.807, 2.05) is 16.5 Å². The van der Waals surface area contributed by atoms with Crippen molar-refractivity contribution in [2.75, 3.05) is 33.9 Å². The fourth-order valence-electron chi connectivity index (χ4n) is 4.93. The van der Waals surface area contributed by atoms with Crippen LogP contribution in [0.3, 0.4) is 0 Å². The van der Waals surface area contributed by atoms with E-state index >= 15 is 4.39 Å². The van der Waals surface area contributed by atoms with Crippen LogP contribution in [0, 0.1) is 23.1 Å². The highest BCUT2D eigenvalue weighted by Gasteiger charge is 2.22. The number of carbonyl (C=O) groups is 1. The minimum atomic E-state index is -0.638. The monoisotopic (exact) mass is 528 g/mol. The van der Waals surface area contributed by atoms with E-state index in [0.29, 0.717) is 52.0 Å². The summed E-state index contributed by atoms with van der Waals surface area (Å²) in [5, 5.41) is 11.8. The number of aromatic nitrogens is 3. The van der Waals surface area contributed by atoms with Gasteiger partial charge in [-0.25, -0.2) is 19.2 Å². The molecule has 0 unspecified atom stereocenters. The molecule has 9 nitrogen and oxygen atoms in total. The van der Waals surface area contributed by atoms with Gasteiger partial charge in [0, 0.05) is 35.7 Å². The third kappa shape index (κ3) is 5.68. The molecule has 4 aromatic rings. The van der Waals surface area contributed by atoms with Gasteiger partial charge in [0.25, 0.3) is 0 Å². The largest absolute Gasteiger partial charge is 0.476 e. The third-order valence-electron chi connectivity index (χ3n) is 6.94. The van der Waals surface area contributed by atoms with Gasteiger partial charge in [0.1, 0.15) is 11.3 Å². The van der Waals surface area contributed by atoms with E-state index in [-0.39, 0.29) is 6.54 Å². The van der Waals surface area contributed by atoms with Crippen LogP contribution in [-0.4, -0.2) is 59.2 Å². The van der Waals surface area contributed by atoms with Crippen LogP contribution < -0.4 is 10.1 Å². The number of likely N-dealkylation sites (tertiary alicyclic amines) is 1. The first kappa shape index (κ1) is 26.1. The first-order chi connectivity index (χ1) is 19.0. The molecule has 0 aliphatic carbocycles. The number of piperidine rings is 1. The molecule has 1 aliphatic heterocycles. The van der Waals surface area contributed by atoms with Gasteiger partial charge >= 0.3 is 6.09 Å². The van der Waals surface area contributed by atoms with Gasteiger partial charge in [-0.15, -0.1) is 0 Å². The number of alkyl carbamates (subject to hydrolysis) is 1. The van der Waals surface area contributed by atoms with Gasteiger partial charge in [0.15, 0.2) is 0 Å². The lowest BCUT2D eigenvalue weighted by atomic mass is 9.99. The molecular formula is C29H29FN6O3. The van der Waals surface area contributed by atoms with Crippen LogP contribution in [0.25, 0.3) is 28.0 Å². The van der Waals surface area contributed by atoms with E-state index in [1.54, 1.807) is 36.8 Å². The predicted molar refractivity (Wildman–Crippen MR) is 143 cm³/mol. The number of halogens is 1. The topological polar surface area (TPSA) is 105 Å². The van der Waals surface area contributed by atoms with Crippen molar-refractivity contribution in [1.82, 2.24) is 24.6 Å². The number of methoxy groups -OCH3 is 1.